The molecule has 0 saturated carbocycles. The molecular formula is C24H23ClF3NO4. The summed E-state index contributed by atoms with van der Waals surface area (Å²) in [6.45, 7) is -0.143. The summed E-state index contributed by atoms with van der Waals surface area (Å²) in [4.78, 5) is 12.7. The quantitative estimate of drug-likeness (QED) is 0.419. The summed E-state index contributed by atoms with van der Waals surface area (Å²) in [5.74, 6) is -1.81. The van der Waals surface area contributed by atoms with E-state index in [1.165, 1.54) is 12.1 Å². The first-order valence-corrected chi connectivity index (χ1v) is 9.84. The smallest absolute Gasteiger partial charge is 0.491 e. The lowest BCUT2D eigenvalue weighted by atomic mass is 10.1. The SMILES string of the molecule is Cl.N[C@@H](COc1cccc(OC(F)(F)F)c1C(=O)OCc1ccccc1)Cc1ccccc1. The van der Waals surface area contributed by atoms with Crippen LogP contribution < -0.4 is 15.2 Å². The number of carbonyl (C=O) groups excluding carboxylic acids is 1. The van der Waals surface area contributed by atoms with Crippen molar-refractivity contribution in [2.45, 2.75) is 25.4 Å². The molecule has 176 valence electrons. The van der Waals surface area contributed by atoms with Gasteiger partial charge in [-0.3, -0.25) is 0 Å². The molecule has 0 aliphatic rings. The Kier molecular flexibility index (Phi) is 9.57. The minimum atomic E-state index is -4.99. The van der Waals surface area contributed by atoms with Gasteiger partial charge in [0, 0.05) is 6.04 Å². The van der Waals surface area contributed by atoms with Crippen LogP contribution in [0.4, 0.5) is 13.2 Å². The molecule has 0 spiro atoms. The van der Waals surface area contributed by atoms with Gasteiger partial charge in [-0.1, -0.05) is 66.7 Å². The maximum atomic E-state index is 12.9. The van der Waals surface area contributed by atoms with Crippen LogP contribution in [-0.4, -0.2) is 25.0 Å². The summed E-state index contributed by atoms with van der Waals surface area (Å²) in [5.41, 5.74) is 7.32. The molecule has 0 saturated heterocycles. The lowest BCUT2D eigenvalue weighted by Crippen LogP contribution is -2.30. The Morgan fingerprint density at radius 3 is 2.03 bits per heavy atom. The first-order valence-electron chi connectivity index (χ1n) is 9.84. The summed E-state index contributed by atoms with van der Waals surface area (Å²) in [6.07, 6.45) is -4.50. The fourth-order valence-corrected chi connectivity index (χ4v) is 3.01. The van der Waals surface area contributed by atoms with E-state index in [1.54, 1.807) is 30.3 Å². The molecule has 0 radical (unpaired) electrons. The molecule has 3 aromatic carbocycles. The number of hydrogen-bond acceptors (Lipinski definition) is 5. The van der Waals surface area contributed by atoms with E-state index in [0.29, 0.717) is 12.0 Å². The molecular weight excluding hydrogens is 459 g/mol. The highest BCUT2D eigenvalue weighted by molar-refractivity contribution is 5.95. The molecule has 0 aliphatic carbocycles. The van der Waals surface area contributed by atoms with Crippen LogP contribution in [0.3, 0.4) is 0 Å². The lowest BCUT2D eigenvalue weighted by Gasteiger charge is -2.18. The Morgan fingerprint density at radius 2 is 1.42 bits per heavy atom. The number of benzene rings is 3. The van der Waals surface area contributed by atoms with E-state index in [4.69, 9.17) is 15.2 Å². The second kappa shape index (κ2) is 12.1. The zero-order valence-corrected chi connectivity index (χ0v) is 18.3. The topological polar surface area (TPSA) is 70.8 Å². The van der Waals surface area contributed by atoms with Crippen LogP contribution in [0.15, 0.2) is 78.9 Å². The summed E-state index contributed by atoms with van der Waals surface area (Å²) >= 11 is 0. The number of esters is 1. The molecule has 0 unspecified atom stereocenters. The predicted molar refractivity (Wildman–Crippen MR) is 120 cm³/mol. The van der Waals surface area contributed by atoms with Gasteiger partial charge in [-0.2, -0.15) is 0 Å². The lowest BCUT2D eigenvalue weighted by molar-refractivity contribution is -0.274. The van der Waals surface area contributed by atoms with E-state index in [9.17, 15) is 18.0 Å². The van der Waals surface area contributed by atoms with Crippen LogP contribution in [0, 0.1) is 0 Å². The van der Waals surface area contributed by atoms with Crippen molar-refractivity contribution in [1.29, 1.82) is 0 Å². The van der Waals surface area contributed by atoms with E-state index in [-0.39, 0.29) is 31.4 Å². The molecule has 1 atom stereocenters. The van der Waals surface area contributed by atoms with Gasteiger partial charge in [-0.25, -0.2) is 4.79 Å². The number of hydrogen-bond donors (Lipinski definition) is 1. The highest BCUT2D eigenvalue weighted by Gasteiger charge is 2.34. The van der Waals surface area contributed by atoms with Gasteiger partial charge in [0.1, 0.15) is 30.3 Å². The molecule has 0 fully saturated rings. The second-order valence-corrected chi connectivity index (χ2v) is 7.00. The van der Waals surface area contributed by atoms with Crippen molar-refractivity contribution in [3.05, 3.63) is 95.6 Å². The summed E-state index contributed by atoms with van der Waals surface area (Å²) in [7, 11) is 0. The van der Waals surface area contributed by atoms with Crippen LogP contribution in [0.25, 0.3) is 0 Å². The average molecular weight is 482 g/mol. The first-order chi connectivity index (χ1) is 15.3. The van der Waals surface area contributed by atoms with Gasteiger partial charge in [0.2, 0.25) is 0 Å². The third-order valence-electron chi connectivity index (χ3n) is 4.42. The van der Waals surface area contributed by atoms with E-state index < -0.39 is 29.7 Å². The number of rotatable bonds is 9. The van der Waals surface area contributed by atoms with Crippen LogP contribution in [-0.2, 0) is 17.8 Å². The van der Waals surface area contributed by atoms with E-state index in [2.05, 4.69) is 4.74 Å². The zero-order chi connectivity index (χ0) is 23.0. The molecule has 0 bridgehead atoms. The Hall–Kier alpha value is -3.23. The summed E-state index contributed by atoms with van der Waals surface area (Å²) in [6, 6.07) is 21.5. The van der Waals surface area contributed by atoms with Gasteiger partial charge in [-0.15, -0.1) is 25.6 Å². The molecule has 9 heteroatoms. The molecule has 0 heterocycles. The monoisotopic (exact) mass is 481 g/mol. The largest absolute Gasteiger partial charge is 0.573 e. The molecule has 33 heavy (non-hydrogen) atoms. The number of ether oxygens (including phenoxy) is 3. The normalized spacial score (nSPS) is 11.8. The summed E-state index contributed by atoms with van der Waals surface area (Å²) < 4.78 is 53.5. The molecule has 0 aromatic heterocycles. The molecule has 3 aromatic rings. The minimum absolute atomic E-state index is 0. The Morgan fingerprint density at radius 1 is 0.848 bits per heavy atom. The Bertz CT molecular complexity index is 1020. The van der Waals surface area contributed by atoms with Crippen molar-refractivity contribution in [1.82, 2.24) is 0 Å². The van der Waals surface area contributed by atoms with Crippen molar-refractivity contribution < 1.29 is 32.2 Å². The maximum Gasteiger partial charge on any atom is 0.573 e. The molecule has 3 rings (SSSR count). The van der Waals surface area contributed by atoms with Crippen LogP contribution in [0.2, 0.25) is 0 Å². The van der Waals surface area contributed by atoms with Crippen LogP contribution in [0.5, 0.6) is 11.5 Å². The third-order valence-corrected chi connectivity index (χ3v) is 4.42. The summed E-state index contributed by atoms with van der Waals surface area (Å²) in [5, 5.41) is 0. The number of nitrogens with two attached hydrogens (primary N) is 1. The van der Waals surface area contributed by atoms with Crippen LogP contribution >= 0.6 is 12.4 Å². The predicted octanol–water partition coefficient (Wildman–Crippen LogP) is 5.31. The van der Waals surface area contributed by atoms with E-state index in [1.807, 2.05) is 30.3 Å². The molecule has 0 aliphatic heterocycles. The molecule has 5 nitrogen and oxygen atoms in total. The molecule has 0 amide bonds. The number of carbonyl (C=O) groups is 1. The van der Waals surface area contributed by atoms with E-state index in [0.717, 1.165) is 11.6 Å². The van der Waals surface area contributed by atoms with Crippen molar-refractivity contribution >= 4 is 18.4 Å². The standard InChI is InChI=1S/C24H22F3NO4.ClH/c25-24(26,27)32-21-13-7-12-20(30-16-19(28)14-17-8-3-1-4-9-17)22(21)23(29)31-15-18-10-5-2-6-11-18;/h1-13,19H,14-16,28H2;1H/t19-;/m1./s1. The van der Waals surface area contributed by atoms with Crippen molar-refractivity contribution in [3.63, 3.8) is 0 Å². The highest BCUT2D eigenvalue weighted by atomic mass is 35.5. The third kappa shape index (κ3) is 8.32. The maximum absolute atomic E-state index is 12.9. The van der Waals surface area contributed by atoms with Crippen LogP contribution in [0.1, 0.15) is 21.5 Å². The van der Waals surface area contributed by atoms with Crippen molar-refractivity contribution in [2.75, 3.05) is 6.61 Å². The Labute approximate surface area is 195 Å². The van der Waals surface area contributed by atoms with Gasteiger partial charge in [0.25, 0.3) is 0 Å². The first kappa shape index (κ1) is 26.0. The molecule has 2 N–H and O–H groups in total. The Balaban J connectivity index is 0.00000385. The van der Waals surface area contributed by atoms with Gasteiger partial charge in [-0.05, 0) is 29.7 Å². The average Bonchev–Trinajstić information content (AvgIpc) is 2.76. The minimum Gasteiger partial charge on any atom is -0.491 e. The number of halogens is 4. The van der Waals surface area contributed by atoms with Gasteiger partial charge in [0.15, 0.2) is 0 Å². The van der Waals surface area contributed by atoms with Gasteiger partial charge < -0.3 is 19.9 Å². The zero-order valence-electron chi connectivity index (χ0n) is 17.5. The fraction of sp³-hybridized carbons (Fsp3) is 0.208. The van der Waals surface area contributed by atoms with E-state index >= 15 is 0 Å². The van der Waals surface area contributed by atoms with Gasteiger partial charge in [0.05, 0.1) is 0 Å². The highest BCUT2D eigenvalue weighted by Crippen LogP contribution is 2.33. The second-order valence-electron chi connectivity index (χ2n) is 7.00. The van der Waals surface area contributed by atoms with Crippen molar-refractivity contribution in [2.24, 2.45) is 5.73 Å². The van der Waals surface area contributed by atoms with Crippen molar-refractivity contribution in [3.8, 4) is 11.5 Å². The number of alkyl halides is 3. The van der Waals surface area contributed by atoms with Gasteiger partial charge >= 0.3 is 12.3 Å². The fourth-order valence-electron chi connectivity index (χ4n) is 3.01.